The van der Waals surface area contributed by atoms with Gasteiger partial charge in [0.25, 0.3) is 0 Å². The van der Waals surface area contributed by atoms with Gasteiger partial charge in [0.05, 0.1) is 6.54 Å². The van der Waals surface area contributed by atoms with Crippen LogP contribution in [0.3, 0.4) is 0 Å². The molecule has 0 radical (unpaired) electrons. The number of para-hydroxylation sites is 1. The fraction of sp³-hybridized carbons (Fsp3) is 0.400. The fourth-order valence-corrected chi connectivity index (χ4v) is 1.74. The maximum atomic E-state index is 12.1. The van der Waals surface area contributed by atoms with Gasteiger partial charge in [0, 0.05) is 18.1 Å². The van der Waals surface area contributed by atoms with Crippen LogP contribution in [0.1, 0.15) is 6.92 Å². The zero-order chi connectivity index (χ0) is 9.31. The normalized spacial score (nSPS) is 33.5. The van der Waals surface area contributed by atoms with Crippen molar-refractivity contribution >= 4 is 5.69 Å². The SMILES string of the molecule is CC1CN[N+]([O-])(c2ccccc2)C1. The van der Waals surface area contributed by atoms with E-state index in [0.717, 1.165) is 12.2 Å². The van der Waals surface area contributed by atoms with Gasteiger partial charge in [-0.15, -0.1) is 0 Å². The monoisotopic (exact) mass is 178 g/mol. The van der Waals surface area contributed by atoms with Crippen molar-refractivity contribution in [1.29, 1.82) is 0 Å². The highest BCUT2D eigenvalue weighted by Crippen LogP contribution is 2.24. The molecule has 3 heteroatoms. The van der Waals surface area contributed by atoms with Crippen LogP contribution < -0.4 is 10.2 Å². The largest absolute Gasteiger partial charge is 0.606 e. The van der Waals surface area contributed by atoms with E-state index in [-0.39, 0.29) is 4.76 Å². The minimum Gasteiger partial charge on any atom is -0.606 e. The van der Waals surface area contributed by atoms with Crippen LogP contribution in [-0.4, -0.2) is 13.1 Å². The first-order valence-electron chi connectivity index (χ1n) is 4.60. The Morgan fingerprint density at radius 2 is 2.08 bits per heavy atom. The predicted molar refractivity (Wildman–Crippen MR) is 53.6 cm³/mol. The number of hydrogen-bond acceptors (Lipinski definition) is 2. The maximum Gasteiger partial charge on any atom is 0.152 e. The van der Waals surface area contributed by atoms with Crippen LogP contribution in [0.5, 0.6) is 0 Å². The number of hydrogen-bond donors (Lipinski definition) is 1. The van der Waals surface area contributed by atoms with Crippen LogP contribution in [-0.2, 0) is 0 Å². The first-order chi connectivity index (χ1) is 6.21. The van der Waals surface area contributed by atoms with Crippen molar-refractivity contribution in [2.45, 2.75) is 6.92 Å². The van der Waals surface area contributed by atoms with Gasteiger partial charge in [0.2, 0.25) is 0 Å². The third-order valence-corrected chi connectivity index (χ3v) is 2.44. The fourth-order valence-electron chi connectivity index (χ4n) is 1.74. The van der Waals surface area contributed by atoms with E-state index in [0.29, 0.717) is 12.5 Å². The molecule has 0 bridgehead atoms. The van der Waals surface area contributed by atoms with E-state index in [1.807, 2.05) is 30.3 Å². The summed E-state index contributed by atoms with van der Waals surface area (Å²) in [6, 6.07) is 9.47. The molecule has 1 aliphatic heterocycles. The van der Waals surface area contributed by atoms with Crippen molar-refractivity contribution in [3.63, 3.8) is 0 Å². The molecule has 70 valence electrons. The van der Waals surface area contributed by atoms with Gasteiger partial charge in [-0.3, -0.25) is 0 Å². The molecule has 1 N–H and O–H groups in total. The molecule has 0 saturated carbocycles. The minimum atomic E-state index is -0.373. The Bertz CT molecular complexity index is 288. The van der Waals surface area contributed by atoms with Gasteiger partial charge < -0.3 is 5.21 Å². The lowest BCUT2D eigenvalue weighted by atomic mass is 10.2. The molecular formula is C10H14N2O. The summed E-state index contributed by atoms with van der Waals surface area (Å²) in [6.45, 7) is 3.52. The van der Waals surface area contributed by atoms with Crippen molar-refractivity contribution < 1.29 is 0 Å². The standard InChI is InChI=1S/C10H14N2O/c1-9-7-11-12(13,8-9)10-5-3-2-4-6-10/h2-6,9,11H,7-8H2,1H3. The van der Waals surface area contributed by atoms with E-state index >= 15 is 0 Å². The Morgan fingerprint density at radius 3 is 2.62 bits per heavy atom. The van der Waals surface area contributed by atoms with Crippen molar-refractivity contribution in [3.05, 3.63) is 35.5 Å². The van der Waals surface area contributed by atoms with Crippen LogP contribution in [0.25, 0.3) is 0 Å². The van der Waals surface area contributed by atoms with E-state index < -0.39 is 0 Å². The van der Waals surface area contributed by atoms with Crippen LogP contribution in [0, 0.1) is 11.1 Å². The zero-order valence-electron chi connectivity index (χ0n) is 7.73. The molecule has 1 aromatic carbocycles. The summed E-state index contributed by atoms with van der Waals surface area (Å²) in [5.41, 5.74) is 3.78. The van der Waals surface area contributed by atoms with E-state index in [2.05, 4.69) is 12.3 Å². The van der Waals surface area contributed by atoms with Gasteiger partial charge in [-0.2, -0.15) is 5.43 Å². The average Bonchev–Trinajstić information content (AvgIpc) is 2.49. The van der Waals surface area contributed by atoms with E-state index in [1.54, 1.807) is 0 Å². The van der Waals surface area contributed by atoms with Gasteiger partial charge in [-0.25, -0.2) is 4.76 Å². The van der Waals surface area contributed by atoms with Gasteiger partial charge in [0.1, 0.15) is 6.54 Å². The second-order valence-electron chi connectivity index (χ2n) is 3.73. The molecule has 1 aromatic rings. The number of quaternary nitrogens is 1. The number of nitrogens with zero attached hydrogens (tertiary/aromatic N) is 1. The molecule has 3 nitrogen and oxygen atoms in total. The van der Waals surface area contributed by atoms with Crippen molar-refractivity contribution in [1.82, 2.24) is 10.2 Å². The Kier molecular flexibility index (Phi) is 2.07. The van der Waals surface area contributed by atoms with Crippen LogP contribution in [0.2, 0.25) is 0 Å². The molecule has 2 unspecified atom stereocenters. The Morgan fingerprint density at radius 1 is 1.38 bits per heavy atom. The molecule has 0 amide bonds. The molecule has 13 heavy (non-hydrogen) atoms. The van der Waals surface area contributed by atoms with Crippen LogP contribution in [0.15, 0.2) is 30.3 Å². The predicted octanol–water partition coefficient (Wildman–Crippen LogP) is 1.65. The number of rotatable bonds is 1. The lowest BCUT2D eigenvalue weighted by Crippen LogP contribution is -2.49. The molecule has 1 fully saturated rings. The van der Waals surface area contributed by atoms with E-state index in [9.17, 15) is 5.21 Å². The van der Waals surface area contributed by atoms with Gasteiger partial charge in [-0.1, -0.05) is 25.1 Å². The quantitative estimate of drug-likeness (QED) is 0.524. The van der Waals surface area contributed by atoms with Gasteiger partial charge in [-0.05, 0) is 0 Å². The first-order valence-corrected chi connectivity index (χ1v) is 4.60. The molecule has 2 rings (SSSR count). The van der Waals surface area contributed by atoms with Gasteiger partial charge >= 0.3 is 0 Å². The second-order valence-corrected chi connectivity index (χ2v) is 3.73. The van der Waals surface area contributed by atoms with Crippen molar-refractivity contribution in [3.8, 4) is 0 Å². The van der Waals surface area contributed by atoms with Crippen LogP contribution >= 0.6 is 0 Å². The van der Waals surface area contributed by atoms with Crippen molar-refractivity contribution in [2.24, 2.45) is 5.92 Å². The third kappa shape index (κ3) is 1.58. The summed E-state index contributed by atoms with van der Waals surface area (Å²) >= 11 is 0. The molecule has 1 aliphatic rings. The highest BCUT2D eigenvalue weighted by molar-refractivity contribution is 5.42. The van der Waals surface area contributed by atoms with Crippen molar-refractivity contribution in [2.75, 3.05) is 13.1 Å². The van der Waals surface area contributed by atoms with E-state index in [4.69, 9.17) is 0 Å². The maximum absolute atomic E-state index is 12.1. The topological polar surface area (TPSA) is 35.1 Å². The number of nitrogens with one attached hydrogen (secondary N) is 1. The zero-order valence-corrected chi connectivity index (χ0v) is 7.73. The number of hydroxylamine groups is 1. The number of benzene rings is 1. The molecule has 0 aliphatic carbocycles. The molecule has 1 saturated heterocycles. The Balaban J connectivity index is 2.26. The second kappa shape index (κ2) is 3.10. The summed E-state index contributed by atoms with van der Waals surface area (Å²) in [6.07, 6.45) is 0. The van der Waals surface area contributed by atoms with Gasteiger partial charge in [0.15, 0.2) is 5.69 Å². The molecular weight excluding hydrogens is 164 g/mol. The first kappa shape index (κ1) is 8.69. The Hall–Kier alpha value is -0.900. The highest BCUT2D eigenvalue weighted by atomic mass is 16.6. The minimum absolute atomic E-state index is 0.373. The molecule has 1 heterocycles. The molecule has 2 atom stereocenters. The lowest BCUT2D eigenvalue weighted by molar-refractivity contribution is 0.348. The summed E-state index contributed by atoms with van der Waals surface area (Å²) in [4.78, 5) is 0. The summed E-state index contributed by atoms with van der Waals surface area (Å²) in [5.74, 6) is 0.456. The highest BCUT2D eigenvalue weighted by Gasteiger charge is 2.30. The Labute approximate surface area is 78.1 Å². The lowest BCUT2D eigenvalue weighted by Gasteiger charge is -2.36. The van der Waals surface area contributed by atoms with Crippen LogP contribution in [0.4, 0.5) is 5.69 Å². The summed E-state index contributed by atoms with van der Waals surface area (Å²) in [7, 11) is 0. The third-order valence-electron chi connectivity index (χ3n) is 2.44. The smallest absolute Gasteiger partial charge is 0.152 e. The molecule has 0 spiro atoms. The summed E-state index contributed by atoms with van der Waals surface area (Å²) in [5, 5.41) is 12.1. The average molecular weight is 178 g/mol. The van der Waals surface area contributed by atoms with E-state index in [1.165, 1.54) is 0 Å². The summed E-state index contributed by atoms with van der Waals surface area (Å²) < 4.78 is -0.373. The molecule has 0 aromatic heterocycles.